The van der Waals surface area contributed by atoms with Gasteiger partial charge in [0.2, 0.25) is 5.76 Å². The smallest absolute Gasteiger partial charge is 0.373 e. The van der Waals surface area contributed by atoms with E-state index < -0.39 is 5.97 Å². The van der Waals surface area contributed by atoms with Crippen molar-refractivity contribution in [3.05, 3.63) is 53.0 Å². The quantitative estimate of drug-likeness (QED) is 0.792. The number of benzene rings is 1. The summed E-state index contributed by atoms with van der Waals surface area (Å²) in [6, 6.07) is 9.25. The fourth-order valence-electron chi connectivity index (χ4n) is 1.78. The van der Waals surface area contributed by atoms with Crippen LogP contribution in [0.1, 0.15) is 27.4 Å². The zero-order valence-corrected chi connectivity index (χ0v) is 11.2. The van der Waals surface area contributed by atoms with Crippen molar-refractivity contribution in [2.24, 2.45) is 0 Å². The lowest BCUT2D eigenvalue weighted by Gasteiger charge is -2.08. The van der Waals surface area contributed by atoms with Gasteiger partial charge >= 0.3 is 5.97 Å². The van der Waals surface area contributed by atoms with Crippen LogP contribution in [0.15, 0.2) is 34.7 Å². The van der Waals surface area contributed by atoms with Crippen molar-refractivity contribution >= 4 is 5.97 Å². The van der Waals surface area contributed by atoms with Gasteiger partial charge in [0.05, 0.1) is 7.11 Å². The summed E-state index contributed by atoms with van der Waals surface area (Å²) in [4.78, 5) is 11.2. The van der Waals surface area contributed by atoms with Crippen LogP contribution < -0.4 is 4.74 Å². The van der Waals surface area contributed by atoms with E-state index in [1.165, 1.54) is 12.7 Å². The highest BCUT2D eigenvalue weighted by Crippen LogP contribution is 2.20. The van der Waals surface area contributed by atoms with E-state index in [4.69, 9.17) is 9.15 Å². The van der Waals surface area contributed by atoms with Gasteiger partial charge in [0, 0.05) is 0 Å². The number of hydrogen-bond donors (Lipinski definition) is 0. The molecule has 2 aromatic rings. The number of rotatable bonds is 4. The summed E-state index contributed by atoms with van der Waals surface area (Å²) in [5.41, 5.74) is 2.26. The first-order chi connectivity index (χ1) is 9.10. The molecule has 4 nitrogen and oxygen atoms in total. The van der Waals surface area contributed by atoms with Crippen LogP contribution >= 0.6 is 0 Å². The Kier molecular flexibility index (Phi) is 3.90. The molecule has 4 heteroatoms. The molecule has 19 heavy (non-hydrogen) atoms. The van der Waals surface area contributed by atoms with Gasteiger partial charge in [-0.25, -0.2) is 4.79 Å². The molecule has 0 saturated carbocycles. The van der Waals surface area contributed by atoms with Gasteiger partial charge < -0.3 is 13.9 Å². The van der Waals surface area contributed by atoms with E-state index in [-0.39, 0.29) is 12.4 Å². The molecule has 0 radical (unpaired) electrons. The lowest BCUT2D eigenvalue weighted by atomic mass is 10.1. The van der Waals surface area contributed by atoms with Crippen LogP contribution in [0.3, 0.4) is 0 Å². The van der Waals surface area contributed by atoms with Gasteiger partial charge in [-0.3, -0.25) is 0 Å². The normalized spacial score (nSPS) is 10.3. The number of esters is 1. The maximum absolute atomic E-state index is 11.2. The molecular formula is C15H16O4. The summed E-state index contributed by atoms with van der Waals surface area (Å²) in [6.45, 7) is 4.30. The molecule has 0 aliphatic carbocycles. The summed E-state index contributed by atoms with van der Waals surface area (Å²) >= 11 is 0. The molecule has 0 N–H and O–H groups in total. The maximum Gasteiger partial charge on any atom is 0.373 e. The Balaban J connectivity index is 2.02. The molecule has 1 aromatic carbocycles. The van der Waals surface area contributed by atoms with Crippen LogP contribution in [-0.2, 0) is 11.3 Å². The lowest BCUT2D eigenvalue weighted by Crippen LogP contribution is -1.99. The third-order valence-corrected chi connectivity index (χ3v) is 2.75. The zero-order valence-electron chi connectivity index (χ0n) is 11.2. The average Bonchev–Trinajstić information content (AvgIpc) is 2.85. The first-order valence-electron chi connectivity index (χ1n) is 5.97. The van der Waals surface area contributed by atoms with Crippen LogP contribution in [-0.4, -0.2) is 13.1 Å². The Bertz CT molecular complexity index is 584. The van der Waals surface area contributed by atoms with Crippen LogP contribution in [0.25, 0.3) is 0 Å². The summed E-state index contributed by atoms with van der Waals surface area (Å²) in [6.07, 6.45) is 0. The van der Waals surface area contributed by atoms with Gasteiger partial charge in [-0.1, -0.05) is 17.7 Å². The van der Waals surface area contributed by atoms with E-state index in [1.54, 1.807) is 12.1 Å². The van der Waals surface area contributed by atoms with Crippen molar-refractivity contribution in [3.63, 3.8) is 0 Å². The Morgan fingerprint density at radius 3 is 2.68 bits per heavy atom. The molecule has 0 atom stereocenters. The summed E-state index contributed by atoms with van der Waals surface area (Å²) < 4.78 is 15.6. The Labute approximate surface area is 111 Å². The van der Waals surface area contributed by atoms with Gasteiger partial charge in [-0.2, -0.15) is 0 Å². The topological polar surface area (TPSA) is 48.7 Å². The second-order valence-corrected chi connectivity index (χ2v) is 4.32. The number of aryl methyl sites for hydroxylation is 2. The summed E-state index contributed by atoms with van der Waals surface area (Å²) in [5, 5.41) is 0. The number of carbonyl (C=O) groups excluding carboxylic acids is 1. The molecule has 1 aromatic heterocycles. The number of furan rings is 1. The SMILES string of the molecule is COC(=O)c1ccc(COc2ccc(C)cc2C)o1. The molecule has 0 aliphatic heterocycles. The van der Waals surface area contributed by atoms with Crippen molar-refractivity contribution in [3.8, 4) is 5.75 Å². The summed E-state index contributed by atoms with van der Waals surface area (Å²) in [5.74, 6) is 1.08. The minimum Gasteiger partial charge on any atom is -0.485 e. The molecule has 0 bridgehead atoms. The van der Waals surface area contributed by atoms with Crippen molar-refractivity contribution in [2.45, 2.75) is 20.5 Å². The Hall–Kier alpha value is -2.23. The molecule has 2 rings (SSSR count). The lowest BCUT2D eigenvalue weighted by molar-refractivity contribution is 0.0561. The standard InChI is InChI=1S/C15H16O4/c1-10-4-6-13(11(2)8-10)18-9-12-5-7-14(19-12)15(16)17-3/h4-8H,9H2,1-3H3. The predicted octanol–water partition coefficient (Wildman–Crippen LogP) is 3.26. The second-order valence-electron chi connectivity index (χ2n) is 4.32. The molecular weight excluding hydrogens is 244 g/mol. The predicted molar refractivity (Wildman–Crippen MR) is 70.3 cm³/mol. The van der Waals surface area contributed by atoms with Gasteiger partial charge in [-0.05, 0) is 37.6 Å². The molecule has 0 spiro atoms. The van der Waals surface area contributed by atoms with Gasteiger partial charge in [-0.15, -0.1) is 0 Å². The van der Waals surface area contributed by atoms with E-state index in [0.717, 1.165) is 11.3 Å². The van der Waals surface area contributed by atoms with Gasteiger partial charge in [0.25, 0.3) is 0 Å². The second kappa shape index (κ2) is 5.61. The van der Waals surface area contributed by atoms with Crippen molar-refractivity contribution in [1.29, 1.82) is 0 Å². The molecule has 0 unspecified atom stereocenters. The van der Waals surface area contributed by atoms with E-state index in [9.17, 15) is 4.79 Å². The summed E-state index contributed by atoms with van der Waals surface area (Å²) in [7, 11) is 1.32. The first-order valence-corrected chi connectivity index (χ1v) is 5.97. The van der Waals surface area contributed by atoms with Crippen molar-refractivity contribution < 1.29 is 18.7 Å². The Morgan fingerprint density at radius 2 is 2.00 bits per heavy atom. The van der Waals surface area contributed by atoms with E-state index in [1.807, 2.05) is 26.0 Å². The highest BCUT2D eigenvalue weighted by Gasteiger charge is 2.11. The fraction of sp³-hybridized carbons (Fsp3) is 0.267. The highest BCUT2D eigenvalue weighted by molar-refractivity contribution is 5.86. The van der Waals surface area contributed by atoms with Crippen LogP contribution in [0, 0.1) is 13.8 Å². The molecule has 1 heterocycles. The highest BCUT2D eigenvalue weighted by atomic mass is 16.5. The van der Waals surface area contributed by atoms with Crippen LogP contribution in [0.4, 0.5) is 0 Å². The number of hydrogen-bond acceptors (Lipinski definition) is 4. The Morgan fingerprint density at radius 1 is 1.21 bits per heavy atom. The number of carbonyl (C=O) groups is 1. The fourth-order valence-corrected chi connectivity index (χ4v) is 1.78. The molecule has 0 amide bonds. The van der Waals surface area contributed by atoms with Crippen LogP contribution in [0.2, 0.25) is 0 Å². The monoisotopic (exact) mass is 260 g/mol. The molecule has 0 fully saturated rings. The number of methoxy groups -OCH3 is 1. The minimum atomic E-state index is -0.488. The molecule has 0 saturated heterocycles. The third kappa shape index (κ3) is 3.16. The molecule has 100 valence electrons. The van der Waals surface area contributed by atoms with E-state index >= 15 is 0 Å². The maximum atomic E-state index is 11.2. The first kappa shape index (κ1) is 13.2. The van der Waals surface area contributed by atoms with Crippen LogP contribution in [0.5, 0.6) is 5.75 Å². The van der Waals surface area contributed by atoms with Crippen molar-refractivity contribution in [2.75, 3.05) is 7.11 Å². The number of ether oxygens (including phenoxy) is 2. The zero-order chi connectivity index (χ0) is 13.8. The minimum absolute atomic E-state index is 0.182. The molecule has 0 aliphatic rings. The van der Waals surface area contributed by atoms with E-state index in [2.05, 4.69) is 10.8 Å². The van der Waals surface area contributed by atoms with Crippen molar-refractivity contribution in [1.82, 2.24) is 0 Å². The van der Waals surface area contributed by atoms with Gasteiger partial charge in [0.15, 0.2) is 0 Å². The van der Waals surface area contributed by atoms with Gasteiger partial charge in [0.1, 0.15) is 18.1 Å². The third-order valence-electron chi connectivity index (χ3n) is 2.75. The average molecular weight is 260 g/mol. The largest absolute Gasteiger partial charge is 0.485 e. The van der Waals surface area contributed by atoms with E-state index in [0.29, 0.717) is 5.76 Å².